The largest absolute Gasteiger partial charge is 0.493 e. The van der Waals surface area contributed by atoms with Gasteiger partial charge in [0.15, 0.2) is 0 Å². The molecule has 76 valence electrons. The van der Waals surface area contributed by atoms with E-state index in [9.17, 15) is 4.79 Å². The van der Waals surface area contributed by atoms with Gasteiger partial charge in [-0.05, 0) is 19.1 Å². The van der Waals surface area contributed by atoms with Crippen LogP contribution in [0.3, 0.4) is 0 Å². The molecule has 0 radical (unpaired) electrons. The summed E-state index contributed by atoms with van der Waals surface area (Å²) in [4.78, 5) is 10.8. The molecule has 0 amide bonds. The van der Waals surface area contributed by atoms with Crippen molar-refractivity contribution in [1.82, 2.24) is 0 Å². The first-order valence-corrected chi connectivity index (χ1v) is 5.08. The van der Waals surface area contributed by atoms with E-state index in [1.165, 1.54) is 6.07 Å². The number of ether oxygens (including phenoxy) is 1. The predicted molar refractivity (Wildman–Crippen MR) is 57.3 cm³/mol. The molecule has 1 N–H and O–H groups in total. The van der Waals surface area contributed by atoms with Crippen molar-refractivity contribution in [3.8, 4) is 5.75 Å². The van der Waals surface area contributed by atoms with Crippen LogP contribution < -0.4 is 4.74 Å². The van der Waals surface area contributed by atoms with Crippen LogP contribution in [-0.4, -0.2) is 17.7 Å². The number of halogens is 2. The highest BCUT2D eigenvalue weighted by atomic mass is 79.9. The Morgan fingerprint density at radius 3 is 2.79 bits per heavy atom. The van der Waals surface area contributed by atoms with Crippen molar-refractivity contribution in [3.63, 3.8) is 0 Å². The number of carboxylic acids is 1. The normalized spacial score (nSPS) is 9.93. The second-order valence-corrected chi connectivity index (χ2v) is 3.82. The lowest BCUT2D eigenvalue weighted by molar-refractivity contribution is 0.0693. The van der Waals surface area contributed by atoms with Crippen molar-refractivity contribution in [2.75, 3.05) is 6.61 Å². The first kappa shape index (κ1) is 11.3. The first-order valence-electron chi connectivity index (χ1n) is 3.91. The summed E-state index contributed by atoms with van der Waals surface area (Å²) < 4.78 is 5.86. The molecular weight excluding hydrogens is 271 g/mol. The van der Waals surface area contributed by atoms with Gasteiger partial charge < -0.3 is 9.84 Å². The number of aromatic carboxylic acids is 1. The molecule has 1 aromatic rings. The third-order valence-electron chi connectivity index (χ3n) is 1.53. The fourth-order valence-electron chi connectivity index (χ4n) is 1.03. The maximum absolute atomic E-state index is 10.8. The first-order chi connectivity index (χ1) is 6.56. The Labute approximate surface area is 94.8 Å². The maximum atomic E-state index is 10.8. The number of carboxylic acid groups (broad SMARTS) is 1. The molecule has 5 heteroatoms. The number of benzene rings is 1. The summed E-state index contributed by atoms with van der Waals surface area (Å²) in [5.74, 6) is -0.815. The van der Waals surface area contributed by atoms with Crippen LogP contribution in [0.1, 0.15) is 17.3 Å². The van der Waals surface area contributed by atoms with E-state index in [2.05, 4.69) is 15.9 Å². The molecule has 0 fully saturated rings. The molecule has 0 unspecified atom stereocenters. The van der Waals surface area contributed by atoms with Gasteiger partial charge in [0.1, 0.15) is 11.3 Å². The van der Waals surface area contributed by atoms with E-state index in [0.717, 1.165) is 0 Å². The van der Waals surface area contributed by atoms with E-state index in [0.29, 0.717) is 11.1 Å². The number of hydrogen-bond donors (Lipinski definition) is 1. The standard InChI is InChI=1S/C9H8BrClO3/c1-2-14-7-4-5(10)3-6(11)8(7)9(12)13/h3-4H,2H2,1H3,(H,12,13). The van der Waals surface area contributed by atoms with E-state index in [-0.39, 0.29) is 16.3 Å². The Hall–Kier alpha value is -0.740. The Kier molecular flexibility index (Phi) is 3.77. The van der Waals surface area contributed by atoms with Crippen LogP contribution in [0.15, 0.2) is 16.6 Å². The SMILES string of the molecule is CCOc1cc(Br)cc(Cl)c1C(=O)O. The van der Waals surface area contributed by atoms with Crippen molar-refractivity contribution < 1.29 is 14.6 Å². The van der Waals surface area contributed by atoms with Crippen LogP contribution in [0, 0.1) is 0 Å². The van der Waals surface area contributed by atoms with Gasteiger partial charge in [-0.25, -0.2) is 4.79 Å². The molecule has 1 rings (SSSR count). The van der Waals surface area contributed by atoms with Gasteiger partial charge in [0.2, 0.25) is 0 Å². The predicted octanol–water partition coefficient (Wildman–Crippen LogP) is 3.20. The van der Waals surface area contributed by atoms with Crippen molar-refractivity contribution in [2.45, 2.75) is 6.92 Å². The van der Waals surface area contributed by atoms with Crippen LogP contribution in [0.2, 0.25) is 5.02 Å². The summed E-state index contributed by atoms with van der Waals surface area (Å²) in [6, 6.07) is 3.10. The van der Waals surface area contributed by atoms with Crippen molar-refractivity contribution in [3.05, 3.63) is 27.2 Å². The lowest BCUT2D eigenvalue weighted by Crippen LogP contribution is -2.03. The van der Waals surface area contributed by atoms with E-state index in [4.69, 9.17) is 21.4 Å². The van der Waals surface area contributed by atoms with E-state index >= 15 is 0 Å². The van der Waals surface area contributed by atoms with Crippen LogP contribution in [0.4, 0.5) is 0 Å². The molecule has 0 aliphatic heterocycles. The summed E-state index contributed by atoms with van der Waals surface area (Å²) in [6.45, 7) is 2.17. The number of hydrogen-bond acceptors (Lipinski definition) is 2. The molecule has 1 aromatic carbocycles. The zero-order valence-corrected chi connectivity index (χ0v) is 9.72. The Morgan fingerprint density at radius 2 is 2.29 bits per heavy atom. The van der Waals surface area contributed by atoms with Crippen LogP contribution in [-0.2, 0) is 0 Å². The van der Waals surface area contributed by atoms with Crippen LogP contribution >= 0.6 is 27.5 Å². The van der Waals surface area contributed by atoms with Gasteiger partial charge in [-0.2, -0.15) is 0 Å². The summed E-state index contributed by atoms with van der Waals surface area (Å²) >= 11 is 8.98. The molecule has 0 atom stereocenters. The second kappa shape index (κ2) is 4.66. The van der Waals surface area contributed by atoms with E-state index in [1.807, 2.05) is 0 Å². The maximum Gasteiger partial charge on any atom is 0.341 e. The average molecular weight is 280 g/mol. The fraction of sp³-hybridized carbons (Fsp3) is 0.222. The lowest BCUT2D eigenvalue weighted by atomic mass is 10.2. The van der Waals surface area contributed by atoms with Gasteiger partial charge in [-0.1, -0.05) is 27.5 Å². The Balaban J connectivity index is 3.28. The number of carbonyl (C=O) groups is 1. The topological polar surface area (TPSA) is 46.5 Å². The smallest absolute Gasteiger partial charge is 0.341 e. The molecule has 14 heavy (non-hydrogen) atoms. The molecule has 0 saturated carbocycles. The minimum absolute atomic E-state index is 0.00304. The van der Waals surface area contributed by atoms with Gasteiger partial charge in [0, 0.05) is 4.47 Å². The van der Waals surface area contributed by atoms with Crippen LogP contribution in [0.25, 0.3) is 0 Å². The Bertz CT molecular complexity index is 365. The zero-order chi connectivity index (χ0) is 10.7. The van der Waals surface area contributed by atoms with Crippen molar-refractivity contribution in [1.29, 1.82) is 0 Å². The second-order valence-electron chi connectivity index (χ2n) is 2.50. The quantitative estimate of drug-likeness (QED) is 0.924. The highest BCUT2D eigenvalue weighted by Crippen LogP contribution is 2.31. The lowest BCUT2D eigenvalue weighted by Gasteiger charge is -2.08. The molecule has 0 aromatic heterocycles. The summed E-state index contributed by atoms with van der Waals surface area (Å²) in [6.07, 6.45) is 0. The van der Waals surface area contributed by atoms with Crippen LogP contribution in [0.5, 0.6) is 5.75 Å². The summed E-state index contributed by atoms with van der Waals surface area (Å²) in [5.41, 5.74) is -0.00304. The molecule has 0 bridgehead atoms. The van der Waals surface area contributed by atoms with Gasteiger partial charge >= 0.3 is 5.97 Å². The van der Waals surface area contributed by atoms with Gasteiger partial charge in [0.05, 0.1) is 11.6 Å². The molecular formula is C9H8BrClO3. The molecule has 0 aliphatic carbocycles. The minimum atomic E-state index is -1.09. The van der Waals surface area contributed by atoms with E-state index < -0.39 is 5.97 Å². The Morgan fingerprint density at radius 1 is 1.64 bits per heavy atom. The van der Waals surface area contributed by atoms with Crippen molar-refractivity contribution in [2.24, 2.45) is 0 Å². The molecule has 0 aliphatic rings. The van der Waals surface area contributed by atoms with Gasteiger partial charge in [0.25, 0.3) is 0 Å². The van der Waals surface area contributed by atoms with E-state index in [1.54, 1.807) is 13.0 Å². The van der Waals surface area contributed by atoms with Gasteiger partial charge in [-0.3, -0.25) is 0 Å². The number of rotatable bonds is 3. The minimum Gasteiger partial charge on any atom is -0.493 e. The zero-order valence-electron chi connectivity index (χ0n) is 7.38. The monoisotopic (exact) mass is 278 g/mol. The molecule has 3 nitrogen and oxygen atoms in total. The molecule has 0 spiro atoms. The third-order valence-corrected chi connectivity index (χ3v) is 2.29. The van der Waals surface area contributed by atoms with Crippen molar-refractivity contribution >= 4 is 33.5 Å². The third kappa shape index (κ3) is 2.39. The van der Waals surface area contributed by atoms with Gasteiger partial charge in [-0.15, -0.1) is 0 Å². The summed E-state index contributed by atoms with van der Waals surface area (Å²) in [5, 5.41) is 9.05. The molecule has 0 saturated heterocycles. The average Bonchev–Trinajstić information content (AvgIpc) is 2.01. The molecule has 0 heterocycles. The summed E-state index contributed by atoms with van der Waals surface area (Å²) in [7, 11) is 0. The highest BCUT2D eigenvalue weighted by Gasteiger charge is 2.16. The fourth-order valence-corrected chi connectivity index (χ4v) is 1.89. The highest BCUT2D eigenvalue weighted by molar-refractivity contribution is 9.10.